The Hall–Kier alpha value is -2.44. The van der Waals surface area contributed by atoms with Crippen molar-refractivity contribution in [2.75, 3.05) is 26.6 Å². The van der Waals surface area contributed by atoms with Crippen LogP contribution in [0.4, 0.5) is 10.5 Å². The van der Waals surface area contributed by atoms with Gasteiger partial charge in [-0.3, -0.25) is 10.3 Å². The van der Waals surface area contributed by atoms with E-state index in [0.29, 0.717) is 17.2 Å². The highest BCUT2D eigenvalue weighted by atomic mass is 16.5. The largest absolute Gasteiger partial charge is 0.493 e. The van der Waals surface area contributed by atoms with Crippen molar-refractivity contribution in [3.05, 3.63) is 17.2 Å². The summed E-state index contributed by atoms with van der Waals surface area (Å²) in [6.45, 7) is 3.70. The van der Waals surface area contributed by atoms with Crippen LogP contribution < -0.4 is 25.8 Å². The minimum Gasteiger partial charge on any atom is -0.493 e. The maximum absolute atomic E-state index is 11.8. The molecule has 0 aliphatic rings. The van der Waals surface area contributed by atoms with Gasteiger partial charge < -0.3 is 20.5 Å². The van der Waals surface area contributed by atoms with Gasteiger partial charge in [-0.05, 0) is 25.5 Å². The molecule has 20 heavy (non-hydrogen) atoms. The second-order valence-electron chi connectivity index (χ2n) is 4.12. The number of hydrogen-bond donors (Lipinski definition) is 3. The molecule has 7 nitrogen and oxygen atoms in total. The second kappa shape index (κ2) is 6.65. The van der Waals surface area contributed by atoms with E-state index in [1.807, 2.05) is 13.8 Å². The monoisotopic (exact) mass is 280 g/mol. The van der Waals surface area contributed by atoms with E-state index in [-0.39, 0.29) is 5.96 Å². The summed E-state index contributed by atoms with van der Waals surface area (Å²) in [5, 5.41) is 5.13. The number of carbonyl (C=O) groups is 1. The first-order chi connectivity index (χ1) is 9.44. The van der Waals surface area contributed by atoms with Gasteiger partial charge in [0.05, 0.1) is 19.9 Å². The predicted molar refractivity (Wildman–Crippen MR) is 78.7 cm³/mol. The van der Waals surface area contributed by atoms with E-state index >= 15 is 0 Å². The summed E-state index contributed by atoms with van der Waals surface area (Å²) in [7, 11) is 4.60. The molecule has 0 aliphatic heterocycles. The van der Waals surface area contributed by atoms with Crippen molar-refractivity contribution in [2.45, 2.75) is 13.8 Å². The third-order valence-electron chi connectivity index (χ3n) is 2.83. The number of hydrogen-bond acceptors (Lipinski definition) is 4. The number of aliphatic imine (C=N–C) groups is 1. The molecule has 110 valence electrons. The number of urea groups is 1. The first-order valence-corrected chi connectivity index (χ1v) is 5.97. The molecule has 0 fully saturated rings. The lowest BCUT2D eigenvalue weighted by Crippen LogP contribution is -2.39. The molecule has 0 atom stereocenters. The average molecular weight is 280 g/mol. The number of nitrogens with one attached hydrogen (secondary N) is 2. The third kappa shape index (κ3) is 3.31. The second-order valence-corrected chi connectivity index (χ2v) is 4.12. The van der Waals surface area contributed by atoms with Crippen LogP contribution in [-0.2, 0) is 0 Å². The maximum Gasteiger partial charge on any atom is 0.326 e. The van der Waals surface area contributed by atoms with Gasteiger partial charge in [0, 0.05) is 12.6 Å². The summed E-state index contributed by atoms with van der Waals surface area (Å²) >= 11 is 0. The first-order valence-electron chi connectivity index (χ1n) is 5.97. The fourth-order valence-electron chi connectivity index (χ4n) is 1.84. The molecule has 1 aromatic rings. The molecule has 0 radical (unpaired) electrons. The van der Waals surface area contributed by atoms with Crippen LogP contribution in [0, 0.1) is 13.8 Å². The Morgan fingerprint density at radius 3 is 2.45 bits per heavy atom. The van der Waals surface area contributed by atoms with Gasteiger partial charge in [0.15, 0.2) is 17.5 Å². The number of guanidine groups is 1. The molecule has 0 saturated heterocycles. The number of rotatable bonds is 3. The number of nitrogens with two attached hydrogens (primary N) is 1. The van der Waals surface area contributed by atoms with Crippen LogP contribution in [0.15, 0.2) is 11.1 Å². The normalized spacial score (nSPS) is 10.9. The molecule has 0 aliphatic carbocycles. The number of carbonyl (C=O) groups excluding carboxylic acids is 1. The van der Waals surface area contributed by atoms with Crippen molar-refractivity contribution in [1.29, 1.82) is 0 Å². The van der Waals surface area contributed by atoms with Crippen molar-refractivity contribution in [1.82, 2.24) is 5.32 Å². The Balaban J connectivity index is 3.10. The zero-order chi connectivity index (χ0) is 15.3. The fourth-order valence-corrected chi connectivity index (χ4v) is 1.84. The number of aryl methyl sites for hydroxylation is 1. The minimum absolute atomic E-state index is 0.0401. The Bertz CT molecular complexity index is 541. The summed E-state index contributed by atoms with van der Waals surface area (Å²) in [6.07, 6.45) is 0. The van der Waals surface area contributed by atoms with Crippen molar-refractivity contribution in [3.8, 4) is 11.5 Å². The molecule has 2 amide bonds. The fraction of sp³-hybridized carbons (Fsp3) is 0.385. The number of amides is 2. The molecule has 0 spiro atoms. The van der Waals surface area contributed by atoms with Crippen molar-refractivity contribution < 1.29 is 14.3 Å². The number of ether oxygens (including phenoxy) is 2. The van der Waals surface area contributed by atoms with E-state index in [1.165, 1.54) is 7.05 Å². The smallest absolute Gasteiger partial charge is 0.326 e. The molecule has 1 rings (SSSR count). The summed E-state index contributed by atoms with van der Waals surface area (Å²) in [5.74, 6) is 1.23. The maximum atomic E-state index is 11.8. The quantitative estimate of drug-likeness (QED) is 0.575. The average Bonchev–Trinajstić information content (AvgIpc) is 2.42. The standard InChI is InChI=1S/C13H20N4O3/c1-7-6-9(19-4)11(20-5)8(2)10(7)16-13(18)17-12(14)15-3/h6H,1-5H3,(H4,14,15,16,17,18). The summed E-state index contributed by atoms with van der Waals surface area (Å²) in [5.41, 5.74) is 7.70. The van der Waals surface area contributed by atoms with E-state index in [9.17, 15) is 4.79 Å². The molecule has 0 saturated carbocycles. The van der Waals surface area contributed by atoms with Crippen LogP contribution in [0.3, 0.4) is 0 Å². The van der Waals surface area contributed by atoms with E-state index in [2.05, 4.69) is 15.6 Å². The van der Waals surface area contributed by atoms with Gasteiger partial charge in [-0.2, -0.15) is 0 Å². The molecular formula is C13H20N4O3. The van der Waals surface area contributed by atoms with Gasteiger partial charge in [-0.1, -0.05) is 0 Å². The van der Waals surface area contributed by atoms with Gasteiger partial charge in [-0.25, -0.2) is 4.79 Å². The molecule has 1 aromatic carbocycles. The van der Waals surface area contributed by atoms with Crippen molar-refractivity contribution in [2.24, 2.45) is 10.7 Å². The number of anilines is 1. The Morgan fingerprint density at radius 2 is 1.95 bits per heavy atom. The molecule has 7 heteroatoms. The topological polar surface area (TPSA) is 98.0 Å². The Labute approximate surface area is 118 Å². The van der Waals surface area contributed by atoms with Crippen LogP contribution in [0.1, 0.15) is 11.1 Å². The van der Waals surface area contributed by atoms with E-state index in [4.69, 9.17) is 15.2 Å². The molecule has 0 unspecified atom stereocenters. The lowest BCUT2D eigenvalue weighted by molar-refractivity contribution is 0.256. The van der Waals surface area contributed by atoms with Gasteiger partial charge in [-0.15, -0.1) is 0 Å². The molecule has 0 heterocycles. The van der Waals surface area contributed by atoms with Gasteiger partial charge in [0.1, 0.15) is 0 Å². The third-order valence-corrected chi connectivity index (χ3v) is 2.83. The van der Waals surface area contributed by atoms with Crippen LogP contribution in [-0.4, -0.2) is 33.3 Å². The zero-order valence-electron chi connectivity index (χ0n) is 12.3. The van der Waals surface area contributed by atoms with Crippen LogP contribution in [0.25, 0.3) is 0 Å². The number of benzene rings is 1. The van der Waals surface area contributed by atoms with E-state index in [1.54, 1.807) is 20.3 Å². The van der Waals surface area contributed by atoms with Crippen molar-refractivity contribution >= 4 is 17.7 Å². The number of nitrogens with zero attached hydrogens (tertiary/aromatic N) is 1. The van der Waals surface area contributed by atoms with E-state index in [0.717, 1.165) is 11.1 Å². The van der Waals surface area contributed by atoms with Crippen LogP contribution in [0.5, 0.6) is 11.5 Å². The zero-order valence-corrected chi connectivity index (χ0v) is 12.3. The van der Waals surface area contributed by atoms with Gasteiger partial charge in [0.25, 0.3) is 0 Å². The van der Waals surface area contributed by atoms with Crippen LogP contribution in [0.2, 0.25) is 0 Å². The highest BCUT2D eigenvalue weighted by Crippen LogP contribution is 2.37. The van der Waals surface area contributed by atoms with Crippen LogP contribution >= 0.6 is 0 Å². The van der Waals surface area contributed by atoms with E-state index < -0.39 is 6.03 Å². The summed E-state index contributed by atoms with van der Waals surface area (Å²) in [6, 6.07) is 1.32. The highest BCUT2D eigenvalue weighted by molar-refractivity contribution is 6.02. The predicted octanol–water partition coefficient (Wildman–Crippen LogP) is 1.39. The highest BCUT2D eigenvalue weighted by Gasteiger charge is 2.16. The summed E-state index contributed by atoms with van der Waals surface area (Å²) < 4.78 is 10.5. The SMILES string of the molecule is CN=C(N)NC(=O)Nc1c(C)cc(OC)c(OC)c1C. The Morgan fingerprint density at radius 1 is 1.30 bits per heavy atom. The molecule has 4 N–H and O–H groups in total. The minimum atomic E-state index is -0.466. The first kappa shape index (κ1) is 15.6. The molecule has 0 bridgehead atoms. The van der Waals surface area contributed by atoms with Gasteiger partial charge in [0.2, 0.25) is 0 Å². The lowest BCUT2D eigenvalue weighted by Gasteiger charge is -2.17. The number of methoxy groups -OCH3 is 2. The summed E-state index contributed by atoms with van der Waals surface area (Å²) in [4.78, 5) is 15.4. The molecular weight excluding hydrogens is 260 g/mol. The molecule has 0 aromatic heterocycles. The lowest BCUT2D eigenvalue weighted by atomic mass is 10.1. The van der Waals surface area contributed by atoms with Gasteiger partial charge >= 0.3 is 6.03 Å². The Kier molecular flexibility index (Phi) is 5.19. The van der Waals surface area contributed by atoms with Crippen molar-refractivity contribution in [3.63, 3.8) is 0 Å².